The first-order chi connectivity index (χ1) is 22.2. The number of hydrogen-bond acceptors (Lipinski definition) is 6. The average Bonchev–Trinajstić information content (AvgIpc) is 3.11. The Morgan fingerprint density at radius 3 is 1.17 bits per heavy atom. The second kappa shape index (κ2) is 15.8. The summed E-state index contributed by atoms with van der Waals surface area (Å²) in [7, 11) is 3.25. The van der Waals surface area contributed by atoms with E-state index in [0.29, 0.717) is 0 Å². The molecule has 0 unspecified atom stereocenters. The average molecular weight is 617 g/mol. The van der Waals surface area contributed by atoms with Crippen LogP contribution in [0.25, 0.3) is 32.7 Å². The third kappa shape index (κ3) is 8.66. The Hall–Kier alpha value is -5.76. The van der Waals surface area contributed by atoms with E-state index in [1.54, 1.807) is 52.9 Å². The van der Waals surface area contributed by atoms with Gasteiger partial charge in [-0.1, -0.05) is 48.5 Å². The van der Waals surface area contributed by atoms with Gasteiger partial charge in [-0.05, 0) is 106 Å². The maximum atomic E-state index is 10.9. The predicted octanol–water partition coefficient (Wildman–Crippen LogP) is 8.22. The third-order valence-electron chi connectivity index (χ3n) is 7.58. The van der Waals surface area contributed by atoms with Crippen LogP contribution in [0.3, 0.4) is 0 Å². The van der Waals surface area contributed by atoms with Crippen molar-refractivity contribution in [1.29, 1.82) is 0 Å². The molecule has 0 saturated heterocycles. The Kier molecular flexibility index (Phi) is 11.4. The van der Waals surface area contributed by atoms with E-state index in [1.165, 1.54) is 11.1 Å². The summed E-state index contributed by atoms with van der Waals surface area (Å²) in [5.41, 5.74) is 3.98. The molecule has 0 radical (unpaired) electrons. The maximum Gasteiger partial charge on any atom is 0.310 e. The van der Waals surface area contributed by atoms with Crippen molar-refractivity contribution in [2.24, 2.45) is 0 Å². The Labute approximate surface area is 267 Å². The van der Waals surface area contributed by atoms with Gasteiger partial charge >= 0.3 is 11.9 Å². The monoisotopic (exact) mass is 616 g/mol. The third-order valence-corrected chi connectivity index (χ3v) is 7.58. The number of fused-ring (bicyclic) bond motifs is 2. The molecule has 0 aliphatic heterocycles. The molecule has 2 aromatic heterocycles. The zero-order chi connectivity index (χ0) is 33.1. The van der Waals surface area contributed by atoms with Gasteiger partial charge in [0.1, 0.15) is 11.5 Å². The van der Waals surface area contributed by atoms with Crippen molar-refractivity contribution >= 4 is 33.5 Å². The van der Waals surface area contributed by atoms with Crippen LogP contribution in [0.4, 0.5) is 0 Å². The van der Waals surface area contributed by atoms with Crippen LogP contribution in [0, 0.1) is 0 Å². The van der Waals surface area contributed by atoms with Crippen molar-refractivity contribution in [2.45, 2.75) is 25.7 Å². The van der Waals surface area contributed by atoms with Gasteiger partial charge in [-0.15, -0.1) is 0 Å². The molecule has 0 bridgehead atoms. The first-order valence-electron chi connectivity index (χ1n) is 14.6. The van der Waals surface area contributed by atoms with E-state index < -0.39 is 23.8 Å². The number of hydrogen-bond donors (Lipinski definition) is 2. The molecule has 2 N–H and O–H groups in total. The Morgan fingerprint density at radius 2 is 0.848 bits per heavy atom. The van der Waals surface area contributed by atoms with Crippen LogP contribution < -0.4 is 9.47 Å². The number of aliphatic carboxylic acids is 2. The summed E-state index contributed by atoms with van der Waals surface area (Å²) < 4.78 is 10.3. The zero-order valence-corrected chi connectivity index (χ0v) is 26.1. The van der Waals surface area contributed by atoms with Crippen LogP contribution in [0.2, 0.25) is 0 Å². The molecule has 2 atom stereocenters. The maximum absolute atomic E-state index is 10.9. The molecule has 0 spiro atoms. The van der Waals surface area contributed by atoms with Crippen molar-refractivity contribution in [1.82, 2.24) is 9.97 Å². The summed E-state index contributed by atoms with van der Waals surface area (Å²) in [6.07, 6.45) is 7.15. The van der Waals surface area contributed by atoms with Crippen LogP contribution in [-0.2, 0) is 9.59 Å². The fraction of sp³-hybridized carbons (Fsp3) is 0.158. The largest absolute Gasteiger partial charge is 0.497 e. The van der Waals surface area contributed by atoms with Crippen LogP contribution >= 0.6 is 0 Å². The molecule has 2 heterocycles. The van der Waals surface area contributed by atoms with E-state index in [-0.39, 0.29) is 0 Å². The van der Waals surface area contributed by atoms with Gasteiger partial charge in [0.05, 0.1) is 26.1 Å². The number of rotatable bonds is 7. The lowest BCUT2D eigenvalue weighted by molar-refractivity contribution is -0.139. The number of methoxy groups -OCH3 is 2. The van der Waals surface area contributed by atoms with Gasteiger partial charge in [0.15, 0.2) is 0 Å². The van der Waals surface area contributed by atoms with Crippen LogP contribution in [0.5, 0.6) is 11.5 Å². The molecule has 0 aliphatic carbocycles. The number of aromatic nitrogens is 2. The minimum Gasteiger partial charge on any atom is -0.497 e. The van der Waals surface area contributed by atoms with Crippen LogP contribution in [0.1, 0.15) is 36.8 Å². The fourth-order valence-corrected chi connectivity index (χ4v) is 4.65. The van der Waals surface area contributed by atoms with E-state index >= 15 is 0 Å². The summed E-state index contributed by atoms with van der Waals surface area (Å²) >= 11 is 0. The van der Waals surface area contributed by atoms with Crippen molar-refractivity contribution < 1.29 is 29.3 Å². The van der Waals surface area contributed by atoms with Crippen molar-refractivity contribution in [3.63, 3.8) is 0 Å². The quantitative estimate of drug-likeness (QED) is 0.184. The number of nitrogens with zero attached hydrogens (tertiary/aromatic N) is 2. The van der Waals surface area contributed by atoms with Crippen molar-refractivity contribution in [3.8, 4) is 22.6 Å². The highest BCUT2D eigenvalue weighted by molar-refractivity contribution is 5.87. The lowest BCUT2D eigenvalue weighted by Gasteiger charge is -2.08. The van der Waals surface area contributed by atoms with Crippen molar-refractivity contribution in [3.05, 3.63) is 133 Å². The Morgan fingerprint density at radius 1 is 0.522 bits per heavy atom. The molecule has 46 heavy (non-hydrogen) atoms. The number of carboxylic acids is 2. The highest BCUT2D eigenvalue weighted by Crippen LogP contribution is 2.26. The molecule has 6 rings (SSSR count). The van der Waals surface area contributed by atoms with E-state index in [4.69, 9.17) is 19.7 Å². The van der Waals surface area contributed by atoms with E-state index in [0.717, 1.165) is 44.2 Å². The number of ether oxygens (including phenoxy) is 2. The van der Waals surface area contributed by atoms with E-state index in [1.807, 2.05) is 97.1 Å². The highest BCUT2D eigenvalue weighted by atomic mass is 16.5. The number of benzene rings is 4. The van der Waals surface area contributed by atoms with Gasteiger partial charge in [-0.3, -0.25) is 19.6 Å². The molecule has 6 aromatic rings. The Balaban J connectivity index is 0.000000159. The van der Waals surface area contributed by atoms with Crippen LogP contribution in [0.15, 0.2) is 122 Å². The molecule has 8 nitrogen and oxygen atoms in total. The number of carbonyl (C=O) groups is 2. The van der Waals surface area contributed by atoms with Crippen LogP contribution in [-0.4, -0.2) is 46.3 Å². The zero-order valence-electron chi connectivity index (χ0n) is 26.1. The summed E-state index contributed by atoms with van der Waals surface area (Å²) in [6, 6.07) is 30.8. The first-order valence-corrected chi connectivity index (χ1v) is 14.6. The molecule has 0 fully saturated rings. The van der Waals surface area contributed by atoms with Crippen molar-refractivity contribution in [2.75, 3.05) is 14.2 Å². The van der Waals surface area contributed by atoms with Gasteiger partial charge in [-0.2, -0.15) is 0 Å². The predicted molar refractivity (Wildman–Crippen MR) is 181 cm³/mol. The smallest absolute Gasteiger partial charge is 0.310 e. The lowest BCUT2D eigenvalue weighted by Crippen LogP contribution is -2.06. The number of carboxylic acid groups (broad SMARTS) is 2. The number of pyridine rings is 2. The van der Waals surface area contributed by atoms with E-state index in [9.17, 15) is 9.59 Å². The molecular weight excluding hydrogens is 580 g/mol. The Bertz CT molecular complexity index is 1770. The summed E-state index contributed by atoms with van der Waals surface area (Å²) in [5, 5.41) is 22.1. The van der Waals surface area contributed by atoms with E-state index in [2.05, 4.69) is 9.97 Å². The molecule has 234 valence electrons. The summed E-state index contributed by atoms with van der Waals surface area (Å²) in [4.78, 5) is 29.7. The molecule has 8 heteroatoms. The van der Waals surface area contributed by atoms with Gasteiger partial charge in [0, 0.05) is 24.8 Å². The molecule has 4 aromatic carbocycles. The lowest BCUT2D eigenvalue weighted by atomic mass is 9.98. The molecular formula is C38H36N2O6. The highest BCUT2D eigenvalue weighted by Gasteiger charge is 2.14. The second-order valence-electron chi connectivity index (χ2n) is 10.5. The first kappa shape index (κ1) is 33.1. The summed E-state index contributed by atoms with van der Waals surface area (Å²) in [6.45, 7) is 3.38. The minimum absolute atomic E-state index is 0.485. The minimum atomic E-state index is -0.808. The van der Waals surface area contributed by atoms with Gasteiger partial charge < -0.3 is 19.7 Å². The van der Waals surface area contributed by atoms with Gasteiger partial charge in [-0.25, -0.2) is 0 Å². The fourth-order valence-electron chi connectivity index (χ4n) is 4.65. The normalized spacial score (nSPS) is 11.7. The molecule has 0 aliphatic rings. The molecule has 0 amide bonds. The topological polar surface area (TPSA) is 119 Å². The van der Waals surface area contributed by atoms with Gasteiger partial charge in [0.25, 0.3) is 0 Å². The summed E-state index contributed by atoms with van der Waals surface area (Å²) in [5.74, 6) is -0.980. The SMILES string of the molecule is COc1ccc2cc([C@H](C)C(=O)O)ccc2c1.COc1ccc2cc([C@H](C)C(=O)O)ccc2c1.c1cc(-c2ccncc2)ccn1. The standard InChI is InChI=1S/2C14H14O3.C10H8N2/c2*1-9(14(15)16)10-3-4-12-8-13(17-2)6-5-11(12)7-10;1-5-11-6-2-9(1)10-3-7-12-8-4-10/h2*3-9H,1-2H3,(H,15,16);1-8H/t2*9-;/m00./s1. The molecule has 0 saturated carbocycles. The second-order valence-corrected chi connectivity index (χ2v) is 10.5. The van der Waals surface area contributed by atoms with Gasteiger partial charge in [0.2, 0.25) is 0 Å².